The Morgan fingerprint density at radius 3 is 2.17 bits per heavy atom. The van der Waals surface area contributed by atoms with Gasteiger partial charge in [0.2, 0.25) is 0 Å². The summed E-state index contributed by atoms with van der Waals surface area (Å²) in [6.45, 7) is 0. The molecule has 1 aromatic heterocycles. The first kappa shape index (κ1) is 22.1. The number of pyridine rings is 1. The highest BCUT2D eigenvalue weighted by atomic mass is 32.2. The van der Waals surface area contributed by atoms with Crippen molar-refractivity contribution in [3.8, 4) is 16.9 Å². The van der Waals surface area contributed by atoms with Crippen LogP contribution >= 0.6 is 0 Å². The lowest BCUT2D eigenvalue weighted by atomic mass is 9.96. The molecule has 0 bridgehead atoms. The van der Waals surface area contributed by atoms with Crippen molar-refractivity contribution in [3.63, 3.8) is 0 Å². The van der Waals surface area contributed by atoms with E-state index in [0.717, 1.165) is 16.5 Å². The Hall–Kier alpha value is -4.36. The summed E-state index contributed by atoms with van der Waals surface area (Å²) < 4.78 is 44.1. The highest BCUT2D eigenvalue weighted by Crippen LogP contribution is 2.40. The van der Waals surface area contributed by atoms with Gasteiger partial charge in [-0.3, -0.25) is 0 Å². The van der Waals surface area contributed by atoms with E-state index in [9.17, 15) is 17.9 Å². The lowest BCUT2D eigenvalue weighted by Crippen LogP contribution is -2.08. The molecule has 0 atom stereocenters. The number of sulfonamides is 1. The van der Waals surface area contributed by atoms with E-state index in [1.807, 2.05) is 42.5 Å². The van der Waals surface area contributed by atoms with E-state index in [1.54, 1.807) is 42.5 Å². The fraction of sp³-hybridized carbons (Fsp3) is 0.0345. The summed E-state index contributed by atoms with van der Waals surface area (Å²) in [5.41, 5.74) is 3.34. The van der Waals surface area contributed by atoms with Crippen LogP contribution in [0.3, 0.4) is 0 Å². The monoisotopic (exact) mass is 494 g/mol. The fourth-order valence-corrected chi connectivity index (χ4v) is 6.07. The zero-order chi connectivity index (χ0) is 24.9. The average molecular weight is 495 g/mol. The molecule has 2 heterocycles. The lowest BCUT2D eigenvalue weighted by Gasteiger charge is -2.13. The first-order chi connectivity index (χ1) is 17.4. The minimum atomic E-state index is -4.03. The van der Waals surface area contributed by atoms with Crippen LogP contribution in [0.5, 0.6) is 5.75 Å². The predicted octanol–water partition coefficient (Wildman–Crippen LogP) is 5.88. The molecule has 0 radical (unpaired) electrons. The second kappa shape index (κ2) is 8.39. The molecule has 6 rings (SSSR count). The smallest absolute Gasteiger partial charge is 0.284 e. The van der Waals surface area contributed by atoms with Crippen LogP contribution in [0, 0.1) is 5.82 Å². The Morgan fingerprint density at radius 1 is 0.750 bits per heavy atom. The summed E-state index contributed by atoms with van der Waals surface area (Å²) in [5.74, 6) is -0.473. The van der Waals surface area contributed by atoms with E-state index >= 15 is 0 Å². The Morgan fingerprint density at radius 2 is 1.42 bits per heavy atom. The van der Waals surface area contributed by atoms with Gasteiger partial charge in [-0.2, -0.15) is 12.8 Å². The van der Waals surface area contributed by atoms with Gasteiger partial charge in [0.15, 0.2) is 5.75 Å². The molecule has 0 saturated carbocycles. The Labute approximate surface area is 207 Å². The topological polar surface area (TPSA) is 79.6 Å². The van der Waals surface area contributed by atoms with E-state index in [2.05, 4.69) is 4.40 Å². The summed E-state index contributed by atoms with van der Waals surface area (Å²) >= 11 is 0. The van der Waals surface area contributed by atoms with Gasteiger partial charge in [0.1, 0.15) is 22.1 Å². The molecule has 176 valence electrons. The van der Waals surface area contributed by atoms with Gasteiger partial charge in [-0.05, 0) is 23.3 Å². The summed E-state index contributed by atoms with van der Waals surface area (Å²) in [7, 11) is -4.03. The normalized spacial score (nSPS) is 14.0. The van der Waals surface area contributed by atoms with Gasteiger partial charge >= 0.3 is 0 Å². The number of fused-ring (bicyclic) bond motifs is 2. The highest BCUT2D eigenvalue weighted by Gasteiger charge is 2.35. The van der Waals surface area contributed by atoms with Crippen molar-refractivity contribution in [2.24, 2.45) is 4.40 Å². The molecule has 4 aromatic carbocycles. The Bertz CT molecular complexity index is 1780. The zero-order valence-electron chi connectivity index (χ0n) is 18.9. The first-order valence-electron chi connectivity index (χ1n) is 11.3. The number of nitrogens with zero attached hydrogens (tertiary/aromatic N) is 2. The van der Waals surface area contributed by atoms with Crippen LogP contribution in [0.2, 0.25) is 0 Å². The van der Waals surface area contributed by atoms with Crippen LogP contribution in [0.25, 0.3) is 21.9 Å². The molecule has 0 amide bonds. The van der Waals surface area contributed by atoms with E-state index in [4.69, 9.17) is 4.98 Å². The van der Waals surface area contributed by atoms with Crippen molar-refractivity contribution in [2.75, 3.05) is 0 Å². The number of rotatable bonds is 4. The number of benzene rings is 4. The van der Waals surface area contributed by atoms with E-state index in [-0.39, 0.29) is 27.9 Å². The van der Waals surface area contributed by atoms with Gasteiger partial charge in [-0.1, -0.05) is 84.9 Å². The van der Waals surface area contributed by atoms with E-state index in [1.165, 1.54) is 12.1 Å². The van der Waals surface area contributed by atoms with Gasteiger partial charge in [-0.15, -0.1) is 0 Å². The minimum absolute atomic E-state index is 0.0957. The number of aromatic hydroxyl groups is 1. The second-order valence-electron chi connectivity index (χ2n) is 8.57. The average Bonchev–Trinajstić information content (AvgIpc) is 3.18. The molecule has 5 aromatic rings. The zero-order valence-corrected chi connectivity index (χ0v) is 19.7. The number of hydrogen-bond donors (Lipinski definition) is 1. The van der Waals surface area contributed by atoms with Crippen molar-refractivity contribution < 1.29 is 17.9 Å². The summed E-state index contributed by atoms with van der Waals surface area (Å²) in [5, 5.41) is 12.5. The maximum atomic E-state index is 13.4. The van der Waals surface area contributed by atoms with Crippen LogP contribution in [-0.4, -0.2) is 24.2 Å². The molecular weight excluding hydrogens is 475 g/mol. The quantitative estimate of drug-likeness (QED) is 0.339. The molecule has 0 fully saturated rings. The van der Waals surface area contributed by atoms with Crippen LogP contribution < -0.4 is 0 Å². The van der Waals surface area contributed by atoms with Crippen molar-refractivity contribution in [1.82, 2.24) is 4.98 Å². The molecule has 36 heavy (non-hydrogen) atoms. The van der Waals surface area contributed by atoms with Crippen molar-refractivity contribution in [1.29, 1.82) is 0 Å². The maximum Gasteiger partial charge on any atom is 0.284 e. The van der Waals surface area contributed by atoms with E-state index < -0.39 is 10.0 Å². The molecule has 1 aliphatic rings. The molecule has 7 heteroatoms. The van der Waals surface area contributed by atoms with Crippen LogP contribution in [0.4, 0.5) is 4.39 Å². The summed E-state index contributed by atoms with van der Waals surface area (Å²) in [6.07, 6.45) is 0.366. The lowest BCUT2D eigenvalue weighted by molar-refractivity contribution is 0.477. The van der Waals surface area contributed by atoms with Crippen molar-refractivity contribution in [2.45, 2.75) is 11.3 Å². The first-order valence-corrected chi connectivity index (χ1v) is 12.8. The Balaban J connectivity index is 1.57. The standard InChI is InChI=1S/C29H19FN2O3S/c30-20-15-13-18(14-16-20)17-25-22-9-4-5-10-23(22)28(33)27(31-25)26-24-12-6-11-21(19-7-2-1-3-8-19)29(24)36(34,35)32-26/h1-16,33H,17H2. The molecule has 5 nitrogen and oxygen atoms in total. The van der Waals surface area contributed by atoms with Gasteiger partial charge in [0.05, 0.1) is 5.69 Å². The van der Waals surface area contributed by atoms with Crippen molar-refractivity contribution in [3.05, 3.63) is 125 Å². The molecular formula is C29H19FN2O3S. The van der Waals surface area contributed by atoms with E-state index in [0.29, 0.717) is 28.6 Å². The highest BCUT2D eigenvalue weighted by molar-refractivity contribution is 7.91. The SMILES string of the molecule is O=S1(=O)N=C(c2nc(Cc3ccc(F)cc3)c3ccccc3c2O)c2cccc(-c3ccccc3)c21. The van der Waals surface area contributed by atoms with Crippen molar-refractivity contribution >= 4 is 26.5 Å². The van der Waals surface area contributed by atoms with Gasteiger partial charge < -0.3 is 5.11 Å². The van der Waals surface area contributed by atoms with Gasteiger partial charge in [0, 0.05) is 28.3 Å². The number of halogens is 1. The third-order valence-electron chi connectivity index (χ3n) is 6.30. The number of aromatic nitrogens is 1. The molecule has 0 spiro atoms. The van der Waals surface area contributed by atoms with Gasteiger partial charge in [-0.25, -0.2) is 9.37 Å². The van der Waals surface area contributed by atoms with Gasteiger partial charge in [0.25, 0.3) is 10.0 Å². The summed E-state index contributed by atoms with van der Waals surface area (Å²) in [4.78, 5) is 4.83. The Kier molecular flexibility index (Phi) is 5.16. The number of hydrogen-bond acceptors (Lipinski definition) is 4. The minimum Gasteiger partial charge on any atom is -0.505 e. The molecule has 0 aliphatic carbocycles. The fourth-order valence-electron chi connectivity index (χ4n) is 4.64. The third kappa shape index (κ3) is 3.65. The largest absolute Gasteiger partial charge is 0.505 e. The van der Waals surface area contributed by atoms with Crippen LogP contribution in [0.15, 0.2) is 106 Å². The maximum absolute atomic E-state index is 13.4. The predicted molar refractivity (Wildman–Crippen MR) is 137 cm³/mol. The molecule has 0 unspecified atom stereocenters. The molecule has 0 saturated heterocycles. The second-order valence-corrected chi connectivity index (χ2v) is 10.1. The molecule has 1 N–H and O–H groups in total. The third-order valence-corrected chi connectivity index (χ3v) is 7.68. The van der Waals surface area contributed by atoms with Crippen LogP contribution in [-0.2, 0) is 16.4 Å². The molecule has 1 aliphatic heterocycles. The summed E-state index contributed by atoms with van der Waals surface area (Å²) in [6, 6.07) is 27.8. The van der Waals surface area contributed by atoms with Crippen LogP contribution in [0.1, 0.15) is 22.5 Å².